The molecule has 1 amide bonds. The van der Waals surface area contributed by atoms with E-state index in [0.717, 1.165) is 0 Å². The standard InChI is InChI=1S/C12H19F3N2O/c1-4-17(7-9(2)3)10(18)11(12(13,14)15)5-6-16-8-11/h16H,2,4-8H2,1,3H3. The molecule has 1 aliphatic heterocycles. The summed E-state index contributed by atoms with van der Waals surface area (Å²) in [5, 5.41) is 2.64. The monoisotopic (exact) mass is 264 g/mol. The summed E-state index contributed by atoms with van der Waals surface area (Å²) in [5.74, 6) is -0.842. The Morgan fingerprint density at radius 2 is 2.11 bits per heavy atom. The Morgan fingerprint density at radius 3 is 2.44 bits per heavy atom. The summed E-state index contributed by atoms with van der Waals surface area (Å²) in [6.45, 7) is 7.33. The van der Waals surface area contributed by atoms with Crippen molar-refractivity contribution in [2.75, 3.05) is 26.2 Å². The Morgan fingerprint density at radius 1 is 1.50 bits per heavy atom. The van der Waals surface area contributed by atoms with Crippen LogP contribution in [0.15, 0.2) is 12.2 Å². The van der Waals surface area contributed by atoms with Crippen molar-refractivity contribution in [3.05, 3.63) is 12.2 Å². The number of hydrogen-bond donors (Lipinski definition) is 1. The average molecular weight is 264 g/mol. The number of hydrogen-bond acceptors (Lipinski definition) is 2. The van der Waals surface area contributed by atoms with E-state index in [1.165, 1.54) is 4.90 Å². The molecule has 18 heavy (non-hydrogen) atoms. The van der Waals surface area contributed by atoms with Crippen LogP contribution in [0.1, 0.15) is 20.3 Å². The summed E-state index contributed by atoms with van der Waals surface area (Å²) >= 11 is 0. The van der Waals surface area contributed by atoms with E-state index in [1.54, 1.807) is 13.8 Å². The fourth-order valence-electron chi connectivity index (χ4n) is 2.19. The molecule has 0 spiro atoms. The maximum absolute atomic E-state index is 13.2. The fraction of sp³-hybridized carbons (Fsp3) is 0.750. The van der Waals surface area contributed by atoms with Crippen LogP contribution in [0.5, 0.6) is 0 Å². The minimum Gasteiger partial charge on any atom is -0.338 e. The number of rotatable bonds is 4. The number of halogens is 3. The molecule has 1 atom stereocenters. The third kappa shape index (κ3) is 2.68. The van der Waals surface area contributed by atoms with E-state index in [4.69, 9.17) is 0 Å². The molecular formula is C12H19F3N2O. The van der Waals surface area contributed by atoms with E-state index in [1.807, 2.05) is 0 Å². The van der Waals surface area contributed by atoms with Crippen LogP contribution in [0.2, 0.25) is 0 Å². The van der Waals surface area contributed by atoms with Crippen LogP contribution in [-0.2, 0) is 4.79 Å². The number of amides is 1. The molecule has 1 aliphatic rings. The Kier molecular flexibility index (Phi) is 4.42. The predicted octanol–water partition coefficient (Wildman–Crippen LogP) is 1.95. The van der Waals surface area contributed by atoms with Gasteiger partial charge in [0.25, 0.3) is 0 Å². The van der Waals surface area contributed by atoms with Gasteiger partial charge in [0.15, 0.2) is 5.41 Å². The molecule has 6 heteroatoms. The molecule has 1 unspecified atom stereocenters. The van der Waals surface area contributed by atoms with Gasteiger partial charge >= 0.3 is 6.18 Å². The summed E-state index contributed by atoms with van der Waals surface area (Å²) in [7, 11) is 0. The summed E-state index contributed by atoms with van der Waals surface area (Å²) < 4.78 is 39.6. The SMILES string of the molecule is C=C(C)CN(CC)C(=O)C1(C(F)(F)F)CCNC1. The van der Waals surface area contributed by atoms with Crippen molar-refractivity contribution >= 4 is 5.91 Å². The second-order valence-electron chi connectivity index (χ2n) is 4.78. The second-order valence-corrected chi connectivity index (χ2v) is 4.78. The maximum atomic E-state index is 13.2. The van der Waals surface area contributed by atoms with E-state index in [-0.39, 0.29) is 32.6 Å². The van der Waals surface area contributed by atoms with Gasteiger partial charge in [0.05, 0.1) is 0 Å². The Labute approximate surface area is 105 Å². The van der Waals surface area contributed by atoms with Crippen molar-refractivity contribution in [1.82, 2.24) is 10.2 Å². The molecule has 1 rings (SSSR count). The van der Waals surface area contributed by atoms with Crippen molar-refractivity contribution in [1.29, 1.82) is 0 Å². The third-order valence-electron chi connectivity index (χ3n) is 3.24. The number of nitrogens with one attached hydrogen (secondary N) is 1. The smallest absolute Gasteiger partial charge is 0.338 e. The molecule has 3 nitrogen and oxygen atoms in total. The maximum Gasteiger partial charge on any atom is 0.404 e. The lowest BCUT2D eigenvalue weighted by molar-refractivity contribution is -0.221. The lowest BCUT2D eigenvalue weighted by Crippen LogP contribution is -2.53. The molecule has 0 aromatic heterocycles. The highest BCUT2D eigenvalue weighted by Gasteiger charge is 2.62. The van der Waals surface area contributed by atoms with Gasteiger partial charge in [0.1, 0.15) is 0 Å². The summed E-state index contributed by atoms with van der Waals surface area (Å²) in [5.41, 5.74) is -1.59. The Hall–Kier alpha value is -1.04. The van der Waals surface area contributed by atoms with Crippen LogP contribution in [0.3, 0.4) is 0 Å². The van der Waals surface area contributed by atoms with Gasteiger partial charge in [-0.1, -0.05) is 12.2 Å². The van der Waals surface area contributed by atoms with Crippen molar-refractivity contribution in [3.63, 3.8) is 0 Å². The fourth-order valence-corrected chi connectivity index (χ4v) is 2.19. The van der Waals surface area contributed by atoms with Crippen LogP contribution >= 0.6 is 0 Å². The van der Waals surface area contributed by atoms with Crippen LogP contribution < -0.4 is 5.32 Å². The first-order chi connectivity index (χ1) is 8.24. The molecule has 1 saturated heterocycles. The highest BCUT2D eigenvalue weighted by Crippen LogP contribution is 2.44. The number of carbonyl (C=O) groups is 1. The number of alkyl halides is 3. The molecule has 104 valence electrons. The van der Waals surface area contributed by atoms with Crippen LogP contribution in [0, 0.1) is 5.41 Å². The summed E-state index contributed by atoms with van der Waals surface area (Å²) in [4.78, 5) is 13.4. The zero-order chi connectivity index (χ0) is 14.0. The lowest BCUT2D eigenvalue weighted by Gasteiger charge is -2.34. The second kappa shape index (κ2) is 5.30. The van der Waals surface area contributed by atoms with E-state index < -0.39 is 17.5 Å². The summed E-state index contributed by atoms with van der Waals surface area (Å²) in [6.07, 6.45) is -4.71. The van der Waals surface area contributed by atoms with E-state index >= 15 is 0 Å². The highest BCUT2D eigenvalue weighted by molar-refractivity contribution is 5.84. The van der Waals surface area contributed by atoms with Crippen molar-refractivity contribution < 1.29 is 18.0 Å². The molecule has 0 aromatic carbocycles. The molecular weight excluding hydrogens is 245 g/mol. The van der Waals surface area contributed by atoms with Gasteiger partial charge in [-0.2, -0.15) is 13.2 Å². The Bertz CT molecular complexity index is 333. The average Bonchev–Trinajstić information content (AvgIpc) is 2.74. The largest absolute Gasteiger partial charge is 0.404 e. The first-order valence-electron chi connectivity index (χ1n) is 5.96. The van der Waals surface area contributed by atoms with Gasteiger partial charge in [-0.15, -0.1) is 0 Å². The van der Waals surface area contributed by atoms with Crippen LogP contribution in [0.25, 0.3) is 0 Å². The minimum atomic E-state index is -4.52. The molecule has 0 aromatic rings. The quantitative estimate of drug-likeness (QED) is 0.787. The van der Waals surface area contributed by atoms with Gasteiger partial charge in [-0.25, -0.2) is 0 Å². The van der Waals surface area contributed by atoms with Gasteiger partial charge < -0.3 is 10.2 Å². The molecule has 1 N–H and O–H groups in total. The van der Waals surface area contributed by atoms with Crippen molar-refractivity contribution in [2.24, 2.45) is 5.41 Å². The van der Waals surface area contributed by atoms with Gasteiger partial charge in [0, 0.05) is 19.6 Å². The zero-order valence-electron chi connectivity index (χ0n) is 10.7. The number of carbonyl (C=O) groups excluding carboxylic acids is 1. The molecule has 0 bridgehead atoms. The summed E-state index contributed by atoms with van der Waals surface area (Å²) in [6, 6.07) is 0. The number of nitrogens with zero attached hydrogens (tertiary/aromatic N) is 1. The molecule has 1 fully saturated rings. The lowest BCUT2D eigenvalue weighted by atomic mass is 9.84. The highest BCUT2D eigenvalue weighted by atomic mass is 19.4. The van der Waals surface area contributed by atoms with E-state index in [9.17, 15) is 18.0 Å². The van der Waals surface area contributed by atoms with Crippen LogP contribution in [-0.4, -0.2) is 43.2 Å². The van der Waals surface area contributed by atoms with Crippen molar-refractivity contribution in [2.45, 2.75) is 26.4 Å². The Balaban J connectivity index is 2.99. The van der Waals surface area contributed by atoms with E-state index in [2.05, 4.69) is 11.9 Å². The first-order valence-corrected chi connectivity index (χ1v) is 5.96. The topological polar surface area (TPSA) is 32.3 Å². The normalized spacial score (nSPS) is 24.1. The van der Waals surface area contributed by atoms with Crippen LogP contribution in [0.4, 0.5) is 13.2 Å². The zero-order valence-corrected chi connectivity index (χ0v) is 10.7. The molecule has 0 saturated carbocycles. The van der Waals surface area contributed by atoms with Gasteiger partial charge in [-0.05, 0) is 26.8 Å². The van der Waals surface area contributed by atoms with Crippen molar-refractivity contribution in [3.8, 4) is 0 Å². The van der Waals surface area contributed by atoms with Gasteiger partial charge in [-0.3, -0.25) is 4.79 Å². The third-order valence-corrected chi connectivity index (χ3v) is 3.24. The predicted molar refractivity (Wildman–Crippen MR) is 63.0 cm³/mol. The first kappa shape index (κ1) is 15.0. The molecule has 0 aliphatic carbocycles. The van der Waals surface area contributed by atoms with E-state index in [0.29, 0.717) is 5.57 Å². The molecule has 1 heterocycles. The molecule has 0 radical (unpaired) electrons. The van der Waals surface area contributed by atoms with Gasteiger partial charge in [0.2, 0.25) is 5.91 Å². The minimum absolute atomic E-state index is 0.174. The number of likely N-dealkylation sites (N-methyl/N-ethyl adjacent to an activating group) is 1.